The van der Waals surface area contributed by atoms with Crippen LogP contribution in [-0.2, 0) is 9.53 Å². The summed E-state index contributed by atoms with van der Waals surface area (Å²) in [4.78, 5) is 24.4. The number of hydrogen-bond donors (Lipinski definition) is 1. The molecule has 0 radical (unpaired) electrons. The molecule has 1 aromatic heterocycles. The second kappa shape index (κ2) is 7.17. The number of furan rings is 1. The van der Waals surface area contributed by atoms with E-state index in [0.717, 1.165) is 5.39 Å². The smallest absolute Gasteiger partial charge is 0.375 e. The summed E-state index contributed by atoms with van der Waals surface area (Å²) >= 11 is 11.9. The van der Waals surface area contributed by atoms with Crippen molar-refractivity contribution in [3.05, 3.63) is 64.3 Å². The Morgan fingerprint density at radius 3 is 2.64 bits per heavy atom. The third-order valence-electron chi connectivity index (χ3n) is 3.49. The zero-order valence-corrected chi connectivity index (χ0v) is 14.6. The van der Waals surface area contributed by atoms with Gasteiger partial charge in [-0.15, -0.1) is 0 Å². The third kappa shape index (κ3) is 3.78. The van der Waals surface area contributed by atoms with Crippen LogP contribution in [0.25, 0.3) is 11.0 Å². The number of hydrogen-bond acceptors (Lipinski definition) is 4. The predicted octanol–water partition coefficient (Wildman–Crippen LogP) is 4.92. The summed E-state index contributed by atoms with van der Waals surface area (Å²) in [5.74, 6) is -1.23. The van der Waals surface area contributed by atoms with E-state index in [1.807, 2.05) is 12.1 Å². The van der Waals surface area contributed by atoms with Crippen molar-refractivity contribution >= 4 is 51.7 Å². The molecule has 128 valence electrons. The second-order valence-corrected chi connectivity index (χ2v) is 6.07. The average Bonchev–Trinajstić information content (AvgIpc) is 3.03. The van der Waals surface area contributed by atoms with E-state index in [9.17, 15) is 9.59 Å². The Balaban J connectivity index is 1.68. The van der Waals surface area contributed by atoms with E-state index in [1.54, 1.807) is 36.4 Å². The highest BCUT2D eigenvalue weighted by molar-refractivity contribution is 6.44. The molecule has 0 bridgehead atoms. The molecule has 7 heteroatoms. The monoisotopic (exact) mass is 377 g/mol. The number of rotatable bonds is 4. The minimum Gasteiger partial charge on any atom is -0.449 e. The molecule has 1 unspecified atom stereocenters. The molecule has 25 heavy (non-hydrogen) atoms. The molecule has 1 N–H and O–H groups in total. The Morgan fingerprint density at radius 1 is 1.12 bits per heavy atom. The number of carbonyl (C=O) groups excluding carboxylic acids is 2. The summed E-state index contributed by atoms with van der Waals surface area (Å²) < 4.78 is 10.6. The van der Waals surface area contributed by atoms with Crippen LogP contribution < -0.4 is 5.32 Å². The van der Waals surface area contributed by atoms with E-state index in [4.69, 9.17) is 32.4 Å². The number of anilines is 1. The molecule has 0 aliphatic heterocycles. The van der Waals surface area contributed by atoms with Gasteiger partial charge in [0.2, 0.25) is 5.76 Å². The fraction of sp³-hybridized carbons (Fsp3) is 0.111. The van der Waals surface area contributed by atoms with Crippen molar-refractivity contribution in [2.24, 2.45) is 0 Å². The van der Waals surface area contributed by atoms with Gasteiger partial charge in [0.25, 0.3) is 5.91 Å². The third-order valence-corrected chi connectivity index (χ3v) is 4.31. The van der Waals surface area contributed by atoms with E-state index in [2.05, 4.69) is 5.32 Å². The van der Waals surface area contributed by atoms with Gasteiger partial charge >= 0.3 is 5.97 Å². The lowest BCUT2D eigenvalue weighted by Gasteiger charge is -2.13. The maximum atomic E-state index is 12.2. The van der Waals surface area contributed by atoms with Crippen molar-refractivity contribution in [2.45, 2.75) is 13.0 Å². The number of ether oxygens (including phenoxy) is 1. The predicted molar refractivity (Wildman–Crippen MR) is 96.2 cm³/mol. The van der Waals surface area contributed by atoms with Gasteiger partial charge in [0.1, 0.15) is 5.58 Å². The molecule has 0 saturated carbocycles. The van der Waals surface area contributed by atoms with Gasteiger partial charge < -0.3 is 14.5 Å². The minimum atomic E-state index is -1.05. The fourth-order valence-electron chi connectivity index (χ4n) is 2.19. The van der Waals surface area contributed by atoms with Crippen LogP contribution in [0.15, 0.2) is 52.9 Å². The van der Waals surface area contributed by atoms with Crippen LogP contribution in [0.4, 0.5) is 5.69 Å². The van der Waals surface area contributed by atoms with Crippen molar-refractivity contribution in [3.63, 3.8) is 0 Å². The largest absolute Gasteiger partial charge is 0.449 e. The number of benzene rings is 2. The van der Waals surface area contributed by atoms with Crippen LogP contribution in [-0.4, -0.2) is 18.0 Å². The highest BCUT2D eigenvalue weighted by Crippen LogP contribution is 2.29. The molecule has 0 aliphatic rings. The Bertz CT molecular complexity index is 918. The molecular formula is C18H13Cl2NO4. The first kappa shape index (κ1) is 17.3. The van der Waals surface area contributed by atoms with Crippen LogP contribution in [0, 0.1) is 0 Å². The molecule has 2 aromatic carbocycles. The van der Waals surface area contributed by atoms with E-state index < -0.39 is 18.0 Å². The summed E-state index contributed by atoms with van der Waals surface area (Å²) in [5.41, 5.74) is 0.906. The van der Waals surface area contributed by atoms with E-state index in [-0.39, 0.29) is 10.8 Å². The van der Waals surface area contributed by atoms with Gasteiger partial charge in [0, 0.05) is 5.39 Å². The standard InChI is InChI=1S/C18H13Cl2NO4/c1-10(17(22)21-13-7-4-6-12(19)16(13)20)24-18(23)15-9-11-5-2-3-8-14(11)25-15/h2-10H,1H3,(H,21,22). The lowest BCUT2D eigenvalue weighted by atomic mass is 10.2. The van der Waals surface area contributed by atoms with Gasteiger partial charge in [-0.05, 0) is 31.2 Å². The molecule has 1 amide bonds. The van der Waals surface area contributed by atoms with Crippen molar-refractivity contribution in [2.75, 3.05) is 5.32 Å². The molecule has 0 saturated heterocycles. The molecule has 0 aliphatic carbocycles. The number of amides is 1. The highest BCUT2D eigenvalue weighted by atomic mass is 35.5. The first-order chi connectivity index (χ1) is 12.0. The molecule has 3 rings (SSSR count). The van der Waals surface area contributed by atoms with E-state index in [0.29, 0.717) is 16.3 Å². The fourth-order valence-corrected chi connectivity index (χ4v) is 2.54. The summed E-state index contributed by atoms with van der Waals surface area (Å²) in [5, 5.41) is 3.87. The van der Waals surface area contributed by atoms with Gasteiger partial charge in [-0.2, -0.15) is 0 Å². The SMILES string of the molecule is CC(OC(=O)c1cc2ccccc2o1)C(=O)Nc1cccc(Cl)c1Cl. The lowest BCUT2D eigenvalue weighted by molar-refractivity contribution is -0.123. The maximum Gasteiger partial charge on any atom is 0.375 e. The van der Waals surface area contributed by atoms with Crippen LogP contribution in [0.3, 0.4) is 0 Å². The molecular weight excluding hydrogens is 365 g/mol. The van der Waals surface area contributed by atoms with Gasteiger partial charge in [0.15, 0.2) is 6.10 Å². The van der Waals surface area contributed by atoms with Crippen LogP contribution in [0.1, 0.15) is 17.5 Å². The quantitative estimate of drug-likeness (QED) is 0.654. The highest BCUT2D eigenvalue weighted by Gasteiger charge is 2.22. The summed E-state index contributed by atoms with van der Waals surface area (Å²) in [6.07, 6.45) is -1.05. The first-order valence-corrected chi connectivity index (χ1v) is 8.15. The summed E-state index contributed by atoms with van der Waals surface area (Å²) in [7, 11) is 0. The Morgan fingerprint density at radius 2 is 1.88 bits per heavy atom. The zero-order chi connectivity index (χ0) is 18.0. The van der Waals surface area contributed by atoms with Gasteiger partial charge in [-0.3, -0.25) is 4.79 Å². The molecule has 5 nitrogen and oxygen atoms in total. The van der Waals surface area contributed by atoms with Crippen LogP contribution in [0.5, 0.6) is 0 Å². The Labute approximate surface area is 153 Å². The van der Waals surface area contributed by atoms with Crippen molar-refractivity contribution in [1.82, 2.24) is 0 Å². The molecule has 0 spiro atoms. The molecule has 0 fully saturated rings. The van der Waals surface area contributed by atoms with Crippen LogP contribution in [0.2, 0.25) is 10.0 Å². The molecule has 1 heterocycles. The first-order valence-electron chi connectivity index (χ1n) is 7.40. The lowest BCUT2D eigenvalue weighted by Crippen LogP contribution is -2.30. The zero-order valence-electron chi connectivity index (χ0n) is 13.1. The van der Waals surface area contributed by atoms with Crippen molar-refractivity contribution in [1.29, 1.82) is 0 Å². The number of nitrogens with one attached hydrogen (secondary N) is 1. The van der Waals surface area contributed by atoms with Gasteiger partial charge in [-0.25, -0.2) is 4.79 Å². The topological polar surface area (TPSA) is 68.5 Å². The Kier molecular flexibility index (Phi) is 4.97. The Hall–Kier alpha value is -2.50. The molecule has 1 atom stereocenters. The maximum absolute atomic E-state index is 12.2. The van der Waals surface area contributed by atoms with E-state index in [1.165, 1.54) is 6.92 Å². The number of halogens is 2. The minimum absolute atomic E-state index is 0.0293. The number of fused-ring (bicyclic) bond motifs is 1. The van der Waals surface area contributed by atoms with Gasteiger partial charge in [-0.1, -0.05) is 47.5 Å². The van der Waals surface area contributed by atoms with Crippen molar-refractivity contribution in [3.8, 4) is 0 Å². The summed E-state index contributed by atoms with van der Waals surface area (Å²) in [6.45, 7) is 1.45. The normalized spacial score (nSPS) is 12.0. The van der Waals surface area contributed by atoms with Crippen molar-refractivity contribution < 1.29 is 18.7 Å². The summed E-state index contributed by atoms with van der Waals surface area (Å²) in [6, 6.07) is 13.6. The average molecular weight is 378 g/mol. The number of esters is 1. The molecule has 3 aromatic rings. The van der Waals surface area contributed by atoms with E-state index >= 15 is 0 Å². The number of carbonyl (C=O) groups is 2. The second-order valence-electron chi connectivity index (χ2n) is 5.29. The van der Waals surface area contributed by atoms with Crippen LogP contribution >= 0.6 is 23.2 Å². The number of para-hydroxylation sites is 1. The van der Waals surface area contributed by atoms with Gasteiger partial charge in [0.05, 0.1) is 15.7 Å².